The van der Waals surface area contributed by atoms with Crippen molar-refractivity contribution in [2.75, 3.05) is 11.4 Å². The quantitative estimate of drug-likeness (QED) is 0.0971. The molecule has 12 rings (SSSR count). The van der Waals surface area contributed by atoms with Gasteiger partial charge in [-0.15, -0.1) is 0 Å². The zero-order valence-electron chi connectivity index (χ0n) is 44.6. The molecule has 2 atom stereocenters. The molecule has 12 aromatic rings. The molecule has 1 N–H and O–H groups in total. The predicted molar refractivity (Wildman–Crippen MR) is 333 cm³/mol. The van der Waals surface area contributed by atoms with Gasteiger partial charge in [0.25, 0.3) is 0 Å². The van der Waals surface area contributed by atoms with Crippen LogP contribution in [0.25, 0.3) is 100 Å². The molecule has 0 spiro atoms. The number of hydrogen-bond acceptors (Lipinski definition) is 2. The van der Waals surface area contributed by atoms with E-state index < -0.39 is 0 Å². The summed E-state index contributed by atoms with van der Waals surface area (Å²) < 4.78 is 0. The zero-order chi connectivity index (χ0) is 53.3. The molecule has 2 nitrogen and oxygen atoms in total. The summed E-state index contributed by atoms with van der Waals surface area (Å²) in [6.45, 7) is 5.39. The summed E-state index contributed by atoms with van der Waals surface area (Å²) in [5.41, 5.74) is 24.1. The second-order valence-electron chi connectivity index (χ2n) is 20.1. The van der Waals surface area contributed by atoms with Crippen LogP contribution in [-0.4, -0.2) is 6.54 Å². The summed E-state index contributed by atoms with van der Waals surface area (Å²) in [7, 11) is 0. The van der Waals surface area contributed by atoms with Crippen molar-refractivity contribution in [2.24, 2.45) is 0 Å². The Labute approximate surface area is 466 Å². The van der Waals surface area contributed by atoms with Crippen LogP contribution in [-0.2, 0) is 0 Å². The number of anilines is 1. The summed E-state index contributed by atoms with van der Waals surface area (Å²) in [4.78, 5) is 2.48. The molecule has 2 heteroatoms. The van der Waals surface area contributed by atoms with E-state index in [9.17, 15) is 0 Å². The second kappa shape index (κ2) is 23.2. The van der Waals surface area contributed by atoms with Gasteiger partial charge in [-0.3, -0.25) is 5.32 Å². The highest BCUT2D eigenvalue weighted by Gasteiger charge is 2.28. The van der Waals surface area contributed by atoms with Gasteiger partial charge < -0.3 is 4.90 Å². The van der Waals surface area contributed by atoms with Crippen molar-refractivity contribution in [3.05, 3.63) is 321 Å². The average molecular weight is 1010 g/mol. The van der Waals surface area contributed by atoms with Gasteiger partial charge in [0.2, 0.25) is 0 Å². The van der Waals surface area contributed by atoms with Crippen LogP contribution in [0.2, 0.25) is 0 Å². The third kappa shape index (κ3) is 10.6. The third-order valence-electron chi connectivity index (χ3n) is 15.2. The van der Waals surface area contributed by atoms with Crippen molar-refractivity contribution in [1.29, 1.82) is 0 Å². The van der Waals surface area contributed by atoms with Gasteiger partial charge in [0.15, 0.2) is 0 Å². The van der Waals surface area contributed by atoms with Gasteiger partial charge in [0, 0.05) is 18.3 Å². The van der Waals surface area contributed by atoms with Crippen molar-refractivity contribution in [2.45, 2.75) is 26.1 Å². The lowest BCUT2D eigenvalue weighted by Gasteiger charge is -2.36. The normalized spacial score (nSPS) is 11.8. The standard InChI is InChI=1S/C77H60N2/c1-3-79(68-47-29-12-30-48-68)77(63-45-27-11-28-46-63)78-55(2)64-49-66(70-53-65(56-31-13-4-14-32-56)52-69(57-33-15-5-16-34-57)73(70)60-39-21-8-22-40-60)51-67(50-64)75-72(59-37-19-7-20-38-59)54-71(58-35-17-6-18-36-58)74(61-41-23-9-24-42-61)76(75)62-43-25-10-26-44-62/h4,6-15,17-55,77-78H,3H2,1-2H3. The van der Waals surface area contributed by atoms with E-state index >= 15 is 0 Å². The molecule has 0 saturated heterocycles. The number of hydrogen-bond donors (Lipinski definition) is 1. The van der Waals surface area contributed by atoms with Crippen LogP contribution in [0.1, 0.15) is 37.2 Å². The molecule has 0 radical (unpaired) electrons. The Kier molecular flexibility index (Phi) is 14.7. The van der Waals surface area contributed by atoms with Gasteiger partial charge in [-0.05, 0) is 192 Å². The van der Waals surface area contributed by atoms with E-state index in [4.69, 9.17) is 0 Å². The molecule has 0 heterocycles. The van der Waals surface area contributed by atoms with Crippen molar-refractivity contribution in [3.63, 3.8) is 0 Å². The smallest absolute Gasteiger partial charge is 0.106 e. The van der Waals surface area contributed by atoms with Gasteiger partial charge in [-0.2, -0.15) is 0 Å². The van der Waals surface area contributed by atoms with Gasteiger partial charge in [-0.25, -0.2) is 0 Å². The summed E-state index contributed by atoms with van der Waals surface area (Å²) in [6.07, 6.45) is -0.149. The SMILES string of the molecule is CCN(c1ccccc1)C(NC(C)c1cc(-c2cc(-c3ccccc3)cc(-c3cc#ccc3)c2-c2ccccc2)cc(-c2c(-c3ccccc3)cc(-c3ccccc3)c(-c3ccccc3)c2-c2ccccc2)c1)c1ccccc1. The van der Waals surface area contributed by atoms with Crippen LogP contribution in [0.15, 0.2) is 297 Å². The number of nitrogens with zero attached hydrogens (tertiary/aromatic N) is 1. The Morgan fingerprint density at radius 2 is 0.747 bits per heavy atom. The van der Waals surface area contributed by atoms with Crippen LogP contribution in [0.3, 0.4) is 0 Å². The fourth-order valence-corrected chi connectivity index (χ4v) is 11.5. The number of para-hydroxylation sites is 1. The summed E-state index contributed by atoms with van der Waals surface area (Å²) in [6, 6.07) is 115. The minimum Gasteiger partial charge on any atom is -0.352 e. The van der Waals surface area contributed by atoms with E-state index in [1.165, 1.54) is 27.8 Å². The highest BCUT2D eigenvalue weighted by atomic mass is 15.3. The molecule has 0 saturated carbocycles. The second-order valence-corrected chi connectivity index (χ2v) is 20.1. The molecule has 0 aromatic heterocycles. The minimum atomic E-state index is -0.149. The molecular formula is C77H60N2. The van der Waals surface area contributed by atoms with E-state index in [0.717, 1.165) is 95.7 Å². The maximum atomic E-state index is 4.26. The van der Waals surface area contributed by atoms with E-state index in [2.05, 4.69) is 327 Å². The van der Waals surface area contributed by atoms with E-state index in [1.54, 1.807) is 0 Å². The highest BCUT2D eigenvalue weighted by molar-refractivity contribution is 6.08. The van der Waals surface area contributed by atoms with E-state index in [-0.39, 0.29) is 12.2 Å². The lowest BCUT2D eigenvalue weighted by molar-refractivity contribution is 0.449. The fraction of sp³-hybridized carbons (Fsp3) is 0.0649. The summed E-state index contributed by atoms with van der Waals surface area (Å²) in [5.74, 6) is 0. The number of nitrogens with one attached hydrogen (secondary N) is 1. The number of rotatable bonds is 16. The lowest BCUT2D eigenvalue weighted by Crippen LogP contribution is -2.39. The Hall–Kier alpha value is -9.78. The topological polar surface area (TPSA) is 15.3 Å². The molecular weight excluding hydrogens is 953 g/mol. The van der Waals surface area contributed by atoms with E-state index in [0.29, 0.717) is 0 Å². The van der Waals surface area contributed by atoms with Crippen LogP contribution >= 0.6 is 0 Å². The highest BCUT2D eigenvalue weighted by Crippen LogP contribution is 2.52. The van der Waals surface area contributed by atoms with Crippen molar-refractivity contribution >= 4 is 5.69 Å². The molecule has 0 aliphatic heterocycles. The predicted octanol–water partition coefficient (Wildman–Crippen LogP) is 20.2. The van der Waals surface area contributed by atoms with Gasteiger partial charge in [0.1, 0.15) is 6.17 Å². The molecule has 0 amide bonds. The molecule has 0 aliphatic carbocycles. The molecule has 378 valence electrons. The average Bonchev–Trinajstić information content (AvgIpc) is 3.68. The van der Waals surface area contributed by atoms with Gasteiger partial charge in [0.05, 0.1) is 0 Å². The first-order valence-electron chi connectivity index (χ1n) is 27.5. The van der Waals surface area contributed by atoms with E-state index in [1.807, 2.05) is 6.07 Å². The largest absolute Gasteiger partial charge is 0.352 e. The molecule has 0 aliphatic rings. The monoisotopic (exact) mass is 1010 g/mol. The van der Waals surface area contributed by atoms with Crippen LogP contribution < -0.4 is 10.2 Å². The first-order chi connectivity index (χ1) is 39.1. The maximum absolute atomic E-state index is 4.26. The Morgan fingerprint density at radius 1 is 0.329 bits per heavy atom. The van der Waals surface area contributed by atoms with Gasteiger partial charge >= 0.3 is 0 Å². The maximum Gasteiger partial charge on any atom is 0.106 e. The van der Waals surface area contributed by atoms with Crippen LogP contribution in [0.4, 0.5) is 5.69 Å². The molecule has 0 bridgehead atoms. The minimum absolute atomic E-state index is 0.143. The Balaban J connectivity index is 1.21. The Bertz CT molecular complexity index is 3930. The first kappa shape index (κ1) is 50.1. The molecule has 0 fully saturated rings. The lowest BCUT2D eigenvalue weighted by atomic mass is 9.77. The van der Waals surface area contributed by atoms with Gasteiger partial charge in [-0.1, -0.05) is 243 Å². The van der Waals surface area contributed by atoms with Crippen LogP contribution in [0.5, 0.6) is 0 Å². The summed E-state index contributed by atoms with van der Waals surface area (Å²) in [5, 5.41) is 4.26. The fourth-order valence-electron chi connectivity index (χ4n) is 11.5. The Morgan fingerprint density at radius 3 is 1.25 bits per heavy atom. The summed E-state index contributed by atoms with van der Waals surface area (Å²) >= 11 is 0. The van der Waals surface area contributed by atoms with Crippen molar-refractivity contribution in [1.82, 2.24) is 5.32 Å². The zero-order valence-corrected chi connectivity index (χ0v) is 44.6. The molecule has 12 aromatic carbocycles. The van der Waals surface area contributed by atoms with Crippen molar-refractivity contribution < 1.29 is 0 Å². The van der Waals surface area contributed by atoms with Crippen LogP contribution in [0, 0.1) is 12.1 Å². The molecule has 2 unspecified atom stereocenters. The third-order valence-corrected chi connectivity index (χ3v) is 15.2. The number of benzene rings is 11. The first-order valence-corrected chi connectivity index (χ1v) is 27.5. The molecule has 79 heavy (non-hydrogen) atoms. The van der Waals surface area contributed by atoms with Crippen molar-refractivity contribution in [3.8, 4) is 100 Å².